The Hall–Kier alpha value is -2.64. The fourth-order valence-electron chi connectivity index (χ4n) is 4.97. The van der Waals surface area contributed by atoms with Crippen LogP contribution < -0.4 is 0 Å². The van der Waals surface area contributed by atoms with E-state index in [1.165, 1.54) is 27.6 Å². The Morgan fingerprint density at radius 2 is 1.83 bits per heavy atom. The summed E-state index contributed by atoms with van der Waals surface area (Å²) in [6, 6.07) is 19.1. The van der Waals surface area contributed by atoms with Crippen LogP contribution in [0.2, 0.25) is 5.02 Å². The van der Waals surface area contributed by atoms with Gasteiger partial charge in [0, 0.05) is 11.5 Å². The third-order valence-corrected chi connectivity index (χ3v) is 6.82. The first-order chi connectivity index (χ1) is 14.0. The maximum atomic E-state index is 11.9. The molecule has 144 valence electrons. The van der Waals surface area contributed by atoms with Crippen molar-refractivity contribution in [2.45, 2.75) is 32.6 Å². The maximum Gasteiger partial charge on any atom is 0.161 e. The monoisotopic (exact) mass is 398 g/mol. The third-order valence-electron chi connectivity index (χ3n) is 6.50. The van der Waals surface area contributed by atoms with Crippen molar-refractivity contribution in [3.63, 3.8) is 0 Å². The fourth-order valence-corrected chi connectivity index (χ4v) is 5.27. The highest BCUT2D eigenvalue weighted by Crippen LogP contribution is 2.46. The van der Waals surface area contributed by atoms with E-state index in [9.17, 15) is 4.79 Å². The molecule has 1 nitrogen and oxygen atoms in total. The van der Waals surface area contributed by atoms with Crippen molar-refractivity contribution in [1.29, 1.82) is 0 Å². The van der Waals surface area contributed by atoms with Crippen molar-refractivity contribution in [2.24, 2.45) is 5.92 Å². The molecule has 0 heterocycles. The largest absolute Gasteiger partial charge is 0.294 e. The van der Waals surface area contributed by atoms with Crippen LogP contribution in [0.3, 0.4) is 0 Å². The van der Waals surface area contributed by atoms with Crippen LogP contribution in [0.15, 0.2) is 72.3 Å². The Balaban J connectivity index is 1.62. The molecule has 2 atom stereocenters. The zero-order valence-corrected chi connectivity index (χ0v) is 17.5. The van der Waals surface area contributed by atoms with E-state index >= 15 is 0 Å². The molecule has 2 heteroatoms. The van der Waals surface area contributed by atoms with E-state index in [1.54, 1.807) is 12.5 Å². The van der Waals surface area contributed by atoms with E-state index in [0.717, 1.165) is 18.2 Å². The number of fused-ring (bicyclic) bond motifs is 4. The second-order valence-electron chi connectivity index (χ2n) is 8.33. The average Bonchev–Trinajstić information content (AvgIpc) is 2.73. The van der Waals surface area contributed by atoms with Gasteiger partial charge in [-0.05, 0) is 70.9 Å². The number of hydrogen-bond donors (Lipinski definition) is 0. The molecule has 0 saturated carbocycles. The lowest BCUT2D eigenvalue weighted by atomic mass is 9.71. The van der Waals surface area contributed by atoms with Gasteiger partial charge in [-0.15, -0.1) is 0 Å². The lowest BCUT2D eigenvalue weighted by molar-refractivity contribution is 0.101. The number of ketones is 1. The molecule has 3 aromatic carbocycles. The molecule has 0 radical (unpaired) electrons. The predicted molar refractivity (Wildman–Crippen MR) is 122 cm³/mol. The van der Waals surface area contributed by atoms with Gasteiger partial charge in [-0.1, -0.05) is 78.7 Å². The zero-order valence-electron chi connectivity index (χ0n) is 16.7. The van der Waals surface area contributed by atoms with Crippen LogP contribution in [0.4, 0.5) is 0 Å². The molecule has 0 fully saturated rings. The Morgan fingerprint density at radius 3 is 2.59 bits per heavy atom. The summed E-state index contributed by atoms with van der Waals surface area (Å²) in [6.45, 7) is 3.91. The van der Waals surface area contributed by atoms with Crippen LogP contribution in [0, 0.1) is 5.92 Å². The predicted octanol–water partition coefficient (Wildman–Crippen LogP) is 7.39. The van der Waals surface area contributed by atoms with Gasteiger partial charge in [0.05, 0.1) is 5.02 Å². The number of halogens is 1. The first-order valence-corrected chi connectivity index (χ1v) is 10.6. The van der Waals surface area contributed by atoms with Crippen molar-refractivity contribution in [1.82, 2.24) is 0 Å². The minimum Gasteiger partial charge on any atom is -0.294 e. The van der Waals surface area contributed by atoms with E-state index in [0.29, 0.717) is 22.4 Å². The van der Waals surface area contributed by atoms with E-state index in [1.807, 2.05) is 12.1 Å². The van der Waals surface area contributed by atoms with E-state index < -0.39 is 0 Å². The summed E-state index contributed by atoms with van der Waals surface area (Å²) >= 11 is 6.45. The molecule has 0 amide bonds. The fraction of sp³-hybridized carbons (Fsp3) is 0.222. The first-order valence-electron chi connectivity index (χ1n) is 10.3. The molecule has 0 aromatic heterocycles. The van der Waals surface area contributed by atoms with E-state index in [-0.39, 0.29) is 5.78 Å². The number of carbonyl (C=O) groups is 1. The molecule has 0 bridgehead atoms. The molecule has 2 aliphatic carbocycles. The van der Waals surface area contributed by atoms with Crippen molar-refractivity contribution >= 4 is 33.7 Å². The van der Waals surface area contributed by atoms with Gasteiger partial charge in [0.2, 0.25) is 0 Å². The Labute approximate surface area is 176 Å². The summed E-state index contributed by atoms with van der Waals surface area (Å²) in [7, 11) is 0. The summed E-state index contributed by atoms with van der Waals surface area (Å²) < 4.78 is 0. The Kier molecular flexibility index (Phi) is 4.44. The maximum absolute atomic E-state index is 11.9. The van der Waals surface area contributed by atoms with Crippen LogP contribution in [-0.2, 0) is 6.42 Å². The number of hydrogen-bond acceptors (Lipinski definition) is 1. The normalized spacial score (nSPS) is 20.5. The van der Waals surface area contributed by atoms with Crippen LogP contribution >= 0.6 is 11.6 Å². The molecule has 0 aliphatic heterocycles. The number of allylic oxidation sites excluding steroid dienone is 4. The number of rotatable bonds is 2. The Bertz CT molecular complexity index is 1200. The highest BCUT2D eigenvalue weighted by molar-refractivity contribution is 6.34. The van der Waals surface area contributed by atoms with Crippen LogP contribution in [-0.4, -0.2) is 5.78 Å². The molecule has 0 spiro atoms. The summed E-state index contributed by atoms with van der Waals surface area (Å²) in [5, 5.41) is 2.82. The molecule has 29 heavy (non-hydrogen) atoms. The quantitative estimate of drug-likeness (QED) is 0.411. The number of Topliss-reactive ketones (excluding diaryl/α,β-unsaturated/α-hetero) is 1. The minimum atomic E-state index is 0.00940. The van der Waals surface area contributed by atoms with Crippen LogP contribution in [0.25, 0.3) is 16.3 Å². The Morgan fingerprint density at radius 1 is 1.03 bits per heavy atom. The summed E-state index contributed by atoms with van der Waals surface area (Å²) in [4.78, 5) is 11.9. The van der Waals surface area contributed by atoms with Gasteiger partial charge >= 0.3 is 0 Å². The van der Waals surface area contributed by atoms with E-state index in [4.69, 9.17) is 11.6 Å². The molecule has 5 rings (SSSR count). The van der Waals surface area contributed by atoms with Crippen LogP contribution in [0.5, 0.6) is 0 Å². The lowest BCUT2D eigenvalue weighted by Crippen LogP contribution is -2.18. The topological polar surface area (TPSA) is 17.1 Å². The summed E-state index contributed by atoms with van der Waals surface area (Å²) in [5.74, 6) is 0.952. The highest BCUT2D eigenvalue weighted by atomic mass is 35.5. The second-order valence-corrected chi connectivity index (χ2v) is 8.73. The smallest absolute Gasteiger partial charge is 0.161 e. The van der Waals surface area contributed by atoms with Gasteiger partial charge in [0.1, 0.15) is 0 Å². The van der Waals surface area contributed by atoms with Gasteiger partial charge in [0.15, 0.2) is 5.78 Å². The second kappa shape index (κ2) is 7.00. The van der Waals surface area contributed by atoms with Gasteiger partial charge in [-0.25, -0.2) is 0 Å². The van der Waals surface area contributed by atoms with Gasteiger partial charge < -0.3 is 0 Å². The van der Waals surface area contributed by atoms with Crippen molar-refractivity contribution in [3.05, 3.63) is 99.6 Å². The van der Waals surface area contributed by atoms with E-state index in [2.05, 4.69) is 61.5 Å². The molecule has 0 saturated heterocycles. The van der Waals surface area contributed by atoms with Crippen LogP contribution in [0.1, 0.15) is 53.2 Å². The van der Waals surface area contributed by atoms with Gasteiger partial charge in [0.25, 0.3) is 0 Å². The summed E-state index contributed by atoms with van der Waals surface area (Å²) in [5.41, 5.74) is 7.59. The van der Waals surface area contributed by atoms with Gasteiger partial charge in [-0.2, -0.15) is 0 Å². The first kappa shape index (κ1) is 18.4. The molecule has 2 unspecified atom stereocenters. The third kappa shape index (κ3) is 3.05. The van der Waals surface area contributed by atoms with Crippen molar-refractivity contribution in [3.8, 4) is 0 Å². The van der Waals surface area contributed by atoms with Crippen molar-refractivity contribution in [2.75, 3.05) is 0 Å². The SMILES string of the molecule is CC(=O)c1cc2ccc3c(c2cc1Cl)CC(C)C1=C3C=CC(c2ccccc2)C1. The molecule has 3 aromatic rings. The average molecular weight is 399 g/mol. The lowest BCUT2D eigenvalue weighted by Gasteiger charge is -2.33. The molecular formula is C27H23ClO. The molecule has 0 N–H and O–H groups in total. The summed E-state index contributed by atoms with van der Waals surface area (Å²) in [6.07, 6.45) is 6.77. The minimum absolute atomic E-state index is 0.00940. The standard InChI is InChI=1S/C27H23ClO/c1-16-12-26-22(11-9-20-14-24(17(2)29)27(28)15-25(20)26)21-10-8-19(13-23(16)21)18-6-4-3-5-7-18/h3-11,14-16,19H,12-13H2,1-2H3. The van der Waals surface area contributed by atoms with Crippen molar-refractivity contribution < 1.29 is 4.79 Å². The number of benzene rings is 3. The zero-order chi connectivity index (χ0) is 20.1. The highest BCUT2D eigenvalue weighted by Gasteiger charge is 2.29. The van der Waals surface area contributed by atoms with Gasteiger partial charge in [-0.3, -0.25) is 4.79 Å². The molecular weight excluding hydrogens is 376 g/mol. The molecule has 2 aliphatic rings. The number of carbonyl (C=O) groups excluding carboxylic acids is 1.